The van der Waals surface area contributed by atoms with E-state index in [1.165, 1.54) is 17.0 Å². The molecule has 0 fully saturated rings. The second kappa shape index (κ2) is 5.59. The van der Waals surface area contributed by atoms with Gasteiger partial charge in [0.15, 0.2) is 0 Å². The first-order chi connectivity index (χ1) is 8.54. The van der Waals surface area contributed by atoms with Crippen molar-refractivity contribution in [1.82, 2.24) is 4.98 Å². The number of benzene rings is 1. The average Bonchev–Trinajstić information content (AvgIpc) is 2.57. The van der Waals surface area contributed by atoms with E-state index in [-0.39, 0.29) is 11.9 Å². The van der Waals surface area contributed by atoms with E-state index >= 15 is 0 Å². The van der Waals surface area contributed by atoms with Gasteiger partial charge in [0.25, 0.3) is 0 Å². The number of hydrogen-bond donors (Lipinski definition) is 1. The molecule has 18 heavy (non-hydrogen) atoms. The van der Waals surface area contributed by atoms with Crippen LogP contribution in [0.5, 0.6) is 0 Å². The Bertz CT molecular complexity index is 517. The molecule has 96 valence electrons. The maximum atomic E-state index is 13.0. The smallest absolute Gasteiger partial charge is 0.123 e. The zero-order valence-corrected chi connectivity index (χ0v) is 11.4. The average molecular weight is 264 g/mol. The summed E-state index contributed by atoms with van der Waals surface area (Å²) in [5, 5.41) is 1.06. The van der Waals surface area contributed by atoms with E-state index in [1.807, 2.05) is 13.0 Å². The number of hydrogen-bond acceptors (Lipinski definition) is 3. The van der Waals surface area contributed by atoms with E-state index in [9.17, 15) is 4.39 Å². The molecule has 0 spiro atoms. The summed E-state index contributed by atoms with van der Waals surface area (Å²) in [6.07, 6.45) is 1.42. The molecule has 2 N–H and O–H groups in total. The lowest BCUT2D eigenvalue weighted by Gasteiger charge is -2.09. The lowest BCUT2D eigenvalue weighted by molar-refractivity contribution is 0.617. The zero-order valence-electron chi connectivity index (χ0n) is 10.6. The molecule has 0 radical (unpaired) electrons. The summed E-state index contributed by atoms with van der Waals surface area (Å²) in [5.74, 6) is -0.208. The summed E-state index contributed by atoms with van der Waals surface area (Å²) in [7, 11) is 0. The van der Waals surface area contributed by atoms with Crippen LogP contribution < -0.4 is 5.73 Å². The molecule has 0 saturated carbocycles. The first-order valence-electron chi connectivity index (χ1n) is 5.97. The van der Waals surface area contributed by atoms with Gasteiger partial charge >= 0.3 is 0 Å². The van der Waals surface area contributed by atoms with Gasteiger partial charge in [-0.1, -0.05) is 12.1 Å². The van der Waals surface area contributed by atoms with Crippen LogP contribution in [-0.2, 0) is 12.8 Å². The molecule has 1 unspecified atom stereocenters. The Morgan fingerprint density at radius 1 is 1.33 bits per heavy atom. The van der Waals surface area contributed by atoms with Crippen LogP contribution in [0.3, 0.4) is 0 Å². The molecule has 2 nitrogen and oxygen atoms in total. The van der Waals surface area contributed by atoms with E-state index in [0.29, 0.717) is 6.42 Å². The third-order valence-corrected chi connectivity index (χ3v) is 3.99. The summed E-state index contributed by atoms with van der Waals surface area (Å²) in [6, 6.07) is 6.59. The van der Waals surface area contributed by atoms with Crippen molar-refractivity contribution in [2.75, 3.05) is 0 Å². The quantitative estimate of drug-likeness (QED) is 0.922. The number of thiazole rings is 1. The van der Waals surface area contributed by atoms with Crippen LogP contribution in [-0.4, -0.2) is 11.0 Å². The van der Waals surface area contributed by atoms with Crippen molar-refractivity contribution in [2.24, 2.45) is 5.73 Å². The Labute approximate surface area is 111 Å². The van der Waals surface area contributed by atoms with E-state index < -0.39 is 0 Å². The van der Waals surface area contributed by atoms with Gasteiger partial charge in [0.2, 0.25) is 0 Å². The van der Waals surface area contributed by atoms with Crippen LogP contribution in [0.4, 0.5) is 4.39 Å². The van der Waals surface area contributed by atoms with Crippen molar-refractivity contribution < 1.29 is 4.39 Å². The van der Waals surface area contributed by atoms with Crippen LogP contribution in [0.1, 0.15) is 21.1 Å². The minimum atomic E-state index is -0.208. The molecule has 0 bridgehead atoms. The Morgan fingerprint density at radius 2 is 2.11 bits per heavy atom. The normalized spacial score (nSPS) is 12.7. The number of aromatic nitrogens is 1. The minimum absolute atomic E-state index is 0.0169. The Morgan fingerprint density at radius 3 is 2.72 bits per heavy atom. The predicted octanol–water partition coefficient (Wildman–Crippen LogP) is 3.01. The van der Waals surface area contributed by atoms with Crippen LogP contribution in [0.2, 0.25) is 0 Å². The molecule has 1 aromatic carbocycles. The summed E-state index contributed by atoms with van der Waals surface area (Å²) in [5.41, 5.74) is 8.11. The molecule has 0 aliphatic rings. The molecule has 0 aliphatic heterocycles. The number of nitrogens with two attached hydrogens (primary N) is 1. The van der Waals surface area contributed by atoms with Crippen LogP contribution in [0.25, 0.3) is 0 Å². The molecular formula is C14H17FN2S. The van der Waals surface area contributed by atoms with E-state index in [0.717, 1.165) is 22.7 Å². The van der Waals surface area contributed by atoms with E-state index in [4.69, 9.17) is 5.73 Å². The largest absolute Gasteiger partial charge is 0.327 e. The first kappa shape index (κ1) is 13.2. The van der Waals surface area contributed by atoms with Gasteiger partial charge in [-0.2, -0.15) is 0 Å². The van der Waals surface area contributed by atoms with Crippen LogP contribution in [0.15, 0.2) is 24.3 Å². The Balaban J connectivity index is 1.98. The molecule has 0 amide bonds. The van der Waals surface area contributed by atoms with Gasteiger partial charge in [0.1, 0.15) is 5.82 Å². The molecular weight excluding hydrogens is 247 g/mol. The van der Waals surface area contributed by atoms with Gasteiger partial charge in [-0.05, 0) is 38.0 Å². The van der Waals surface area contributed by atoms with Gasteiger partial charge in [-0.3, -0.25) is 0 Å². The molecule has 0 saturated heterocycles. The van der Waals surface area contributed by atoms with E-state index in [2.05, 4.69) is 11.9 Å². The lowest BCUT2D eigenvalue weighted by Crippen LogP contribution is -2.25. The highest BCUT2D eigenvalue weighted by Gasteiger charge is 2.10. The maximum absolute atomic E-state index is 13.0. The fourth-order valence-electron chi connectivity index (χ4n) is 1.89. The highest BCUT2D eigenvalue weighted by Crippen LogP contribution is 2.18. The van der Waals surface area contributed by atoms with Crippen molar-refractivity contribution in [1.29, 1.82) is 0 Å². The standard InChI is InChI=1S/C14H17FN2S/c1-9-10(2)18-14(17-9)8-13(16)7-11-4-3-5-12(15)6-11/h3-6,13H,7-8,16H2,1-2H3. The lowest BCUT2D eigenvalue weighted by atomic mass is 10.0. The van der Waals surface area contributed by atoms with Crippen LogP contribution in [0, 0.1) is 19.7 Å². The summed E-state index contributed by atoms with van der Waals surface area (Å²) < 4.78 is 13.0. The fraction of sp³-hybridized carbons (Fsp3) is 0.357. The predicted molar refractivity (Wildman–Crippen MR) is 73.4 cm³/mol. The molecule has 2 aromatic rings. The number of aryl methyl sites for hydroxylation is 2. The monoisotopic (exact) mass is 264 g/mol. The van der Waals surface area contributed by atoms with Crippen molar-refractivity contribution in [2.45, 2.75) is 32.7 Å². The minimum Gasteiger partial charge on any atom is -0.327 e. The summed E-state index contributed by atoms with van der Waals surface area (Å²) >= 11 is 1.69. The molecule has 2 rings (SSSR count). The molecule has 4 heteroatoms. The second-order valence-electron chi connectivity index (χ2n) is 4.55. The van der Waals surface area contributed by atoms with E-state index in [1.54, 1.807) is 17.4 Å². The number of halogens is 1. The van der Waals surface area contributed by atoms with Gasteiger partial charge in [-0.25, -0.2) is 9.37 Å². The van der Waals surface area contributed by atoms with Crippen molar-refractivity contribution in [3.8, 4) is 0 Å². The van der Waals surface area contributed by atoms with Gasteiger partial charge < -0.3 is 5.73 Å². The number of rotatable bonds is 4. The Kier molecular flexibility index (Phi) is 4.09. The SMILES string of the molecule is Cc1nc(CC(N)Cc2cccc(F)c2)sc1C. The first-order valence-corrected chi connectivity index (χ1v) is 6.79. The van der Waals surface area contributed by atoms with Gasteiger partial charge in [0, 0.05) is 17.3 Å². The molecule has 1 heterocycles. The van der Waals surface area contributed by atoms with Crippen molar-refractivity contribution >= 4 is 11.3 Å². The topological polar surface area (TPSA) is 38.9 Å². The zero-order chi connectivity index (χ0) is 13.1. The summed E-state index contributed by atoms with van der Waals surface area (Å²) in [4.78, 5) is 5.71. The second-order valence-corrected chi connectivity index (χ2v) is 5.84. The van der Waals surface area contributed by atoms with Crippen molar-refractivity contribution in [3.05, 3.63) is 51.2 Å². The molecule has 1 aromatic heterocycles. The van der Waals surface area contributed by atoms with Crippen LogP contribution >= 0.6 is 11.3 Å². The molecule has 1 atom stereocenters. The number of nitrogens with zero attached hydrogens (tertiary/aromatic N) is 1. The highest BCUT2D eigenvalue weighted by molar-refractivity contribution is 7.11. The highest BCUT2D eigenvalue weighted by atomic mass is 32.1. The fourth-order valence-corrected chi connectivity index (χ4v) is 2.92. The summed E-state index contributed by atoms with van der Waals surface area (Å²) in [6.45, 7) is 4.07. The molecule has 0 aliphatic carbocycles. The third-order valence-electron chi connectivity index (χ3n) is 2.90. The van der Waals surface area contributed by atoms with Crippen molar-refractivity contribution in [3.63, 3.8) is 0 Å². The third kappa shape index (κ3) is 3.37. The maximum Gasteiger partial charge on any atom is 0.123 e. The van der Waals surface area contributed by atoms with Gasteiger partial charge in [0.05, 0.1) is 10.7 Å². The van der Waals surface area contributed by atoms with Gasteiger partial charge in [-0.15, -0.1) is 11.3 Å². The Hall–Kier alpha value is -1.26.